The van der Waals surface area contributed by atoms with Crippen LogP contribution in [0.5, 0.6) is 0 Å². The van der Waals surface area contributed by atoms with Crippen molar-refractivity contribution in [2.24, 2.45) is 0 Å². The van der Waals surface area contributed by atoms with E-state index in [0.29, 0.717) is 30.5 Å². The van der Waals surface area contributed by atoms with Gasteiger partial charge in [0.15, 0.2) is 5.82 Å². The molecule has 3 aromatic heterocycles. The Morgan fingerprint density at radius 2 is 1.92 bits per heavy atom. The van der Waals surface area contributed by atoms with E-state index in [1.807, 2.05) is 18.2 Å². The lowest BCUT2D eigenvalue weighted by Gasteiger charge is -2.08. The summed E-state index contributed by atoms with van der Waals surface area (Å²) in [5.41, 5.74) is 0. The molecule has 0 saturated carbocycles. The number of carbonyl (C=O) groups excluding carboxylic acids is 1. The van der Waals surface area contributed by atoms with Gasteiger partial charge in [0, 0.05) is 19.3 Å². The summed E-state index contributed by atoms with van der Waals surface area (Å²) in [4.78, 5) is 19.6. The molecule has 0 unspecified atom stereocenters. The summed E-state index contributed by atoms with van der Waals surface area (Å²) < 4.78 is 1.46. The van der Waals surface area contributed by atoms with Crippen molar-refractivity contribution < 1.29 is 4.79 Å². The average Bonchev–Trinajstić information content (AvgIpc) is 3.14. The van der Waals surface area contributed by atoms with Gasteiger partial charge in [0.25, 0.3) is 0 Å². The second-order valence-electron chi connectivity index (χ2n) is 5.01. The minimum Gasteiger partial charge on any atom is -0.367 e. The van der Waals surface area contributed by atoms with Gasteiger partial charge < -0.3 is 16.0 Å². The normalized spacial score (nSPS) is 10.2. The Kier molecular flexibility index (Phi) is 5.44. The van der Waals surface area contributed by atoms with Gasteiger partial charge >= 0.3 is 0 Å². The number of amides is 1. The van der Waals surface area contributed by atoms with E-state index in [9.17, 15) is 4.79 Å². The number of aromatic nitrogens is 6. The minimum absolute atomic E-state index is 0.131. The zero-order chi connectivity index (χ0) is 17.3. The van der Waals surface area contributed by atoms with E-state index < -0.39 is 0 Å². The zero-order valence-electron chi connectivity index (χ0n) is 13.3. The van der Waals surface area contributed by atoms with Gasteiger partial charge in [-0.15, -0.1) is 10.2 Å². The maximum absolute atomic E-state index is 11.7. The molecule has 10 heteroatoms. The smallest absolute Gasteiger partial charge is 0.241 e. The molecule has 25 heavy (non-hydrogen) atoms. The van der Waals surface area contributed by atoms with Gasteiger partial charge in [0.05, 0.1) is 0 Å². The highest BCUT2D eigenvalue weighted by molar-refractivity contribution is 5.75. The molecule has 1 amide bonds. The molecule has 0 aliphatic heterocycles. The average molecular weight is 339 g/mol. The van der Waals surface area contributed by atoms with Crippen molar-refractivity contribution in [3.63, 3.8) is 0 Å². The molecule has 0 saturated heterocycles. The summed E-state index contributed by atoms with van der Waals surface area (Å²) in [5, 5.41) is 20.9. The van der Waals surface area contributed by atoms with Crippen LogP contribution >= 0.6 is 0 Å². The van der Waals surface area contributed by atoms with Gasteiger partial charge in [0.1, 0.15) is 30.8 Å². The zero-order valence-corrected chi connectivity index (χ0v) is 13.3. The maximum atomic E-state index is 11.7. The largest absolute Gasteiger partial charge is 0.367 e. The Bertz CT molecular complexity index is 775. The van der Waals surface area contributed by atoms with Crippen molar-refractivity contribution in [2.75, 3.05) is 23.7 Å². The van der Waals surface area contributed by atoms with Gasteiger partial charge in [-0.2, -0.15) is 5.10 Å². The van der Waals surface area contributed by atoms with Crippen LogP contribution in [0.4, 0.5) is 17.5 Å². The van der Waals surface area contributed by atoms with Crippen molar-refractivity contribution in [1.29, 1.82) is 0 Å². The number of hydrogen-bond donors (Lipinski definition) is 3. The lowest BCUT2D eigenvalue weighted by molar-refractivity contribution is -0.121. The van der Waals surface area contributed by atoms with Crippen LogP contribution in [0.1, 0.15) is 0 Å². The van der Waals surface area contributed by atoms with Crippen molar-refractivity contribution >= 4 is 23.4 Å². The number of nitrogens with one attached hydrogen (secondary N) is 3. The number of hydrogen-bond acceptors (Lipinski definition) is 8. The summed E-state index contributed by atoms with van der Waals surface area (Å²) >= 11 is 0. The maximum Gasteiger partial charge on any atom is 0.241 e. The van der Waals surface area contributed by atoms with Crippen LogP contribution in [0.25, 0.3) is 0 Å². The second-order valence-corrected chi connectivity index (χ2v) is 5.01. The fourth-order valence-electron chi connectivity index (χ4n) is 1.97. The highest BCUT2D eigenvalue weighted by atomic mass is 16.2. The Balaban J connectivity index is 1.38. The molecular formula is C15H17N9O. The van der Waals surface area contributed by atoms with Gasteiger partial charge in [-0.3, -0.25) is 4.79 Å². The highest BCUT2D eigenvalue weighted by Gasteiger charge is 2.03. The standard InChI is InChI=1S/C15H17N9O/c25-15(9-24-11-16-10-20-24)19-8-7-18-13-4-5-14(23-22-13)21-12-3-1-2-6-17-12/h1-6,10-11H,7-9H2,(H,18,22)(H,19,25)(H,17,21,23). The Labute approximate surface area is 143 Å². The molecule has 128 valence electrons. The molecule has 0 spiro atoms. The number of pyridine rings is 1. The molecule has 3 rings (SSSR count). The van der Waals surface area contributed by atoms with Crippen LogP contribution in [0.3, 0.4) is 0 Å². The number of anilines is 3. The van der Waals surface area contributed by atoms with E-state index in [1.165, 1.54) is 17.3 Å². The lowest BCUT2D eigenvalue weighted by Crippen LogP contribution is -2.31. The summed E-state index contributed by atoms with van der Waals surface area (Å²) in [7, 11) is 0. The van der Waals surface area contributed by atoms with Gasteiger partial charge in [-0.25, -0.2) is 14.6 Å². The Morgan fingerprint density at radius 3 is 2.64 bits per heavy atom. The third-order valence-corrected chi connectivity index (χ3v) is 3.11. The molecule has 0 bridgehead atoms. The van der Waals surface area contributed by atoms with Gasteiger partial charge in [-0.1, -0.05) is 6.07 Å². The first kappa shape index (κ1) is 16.3. The summed E-state index contributed by atoms with van der Waals surface area (Å²) in [5.74, 6) is 1.79. The van der Waals surface area contributed by atoms with Crippen molar-refractivity contribution in [3.8, 4) is 0 Å². The van der Waals surface area contributed by atoms with Crippen LogP contribution in [0.15, 0.2) is 49.2 Å². The van der Waals surface area contributed by atoms with E-state index in [2.05, 4.69) is 41.2 Å². The molecule has 10 nitrogen and oxygen atoms in total. The van der Waals surface area contributed by atoms with E-state index in [-0.39, 0.29) is 12.5 Å². The van der Waals surface area contributed by atoms with Crippen molar-refractivity contribution in [1.82, 2.24) is 35.3 Å². The Hall–Kier alpha value is -3.56. The first-order chi connectivity index (χ1) is 12.3. The fourth-order valence-corrected chi connectivity index (χ4v) is 1.97. The summed E-state index contributed by atoms with van der Waals surface area (Å²) in [6, 6.07) is 9.17. The van der Waals surface area contributed by atoms with Gasteiger partial charge in [0.2, 0.25) is 5.91 Å². The SMILES string of the molecule is O=C(Cn1cncn1)NCCNc1ccc(Nc2ccccn2)nn1. The third kappa shape index (κ3) is 5.23. The summed E-state index contributed by atoms with van der Waals surface area (Å²) in [6.07, 6.45) is 4.58. The first-order valence-electron chi connectivity index (χ1n) is 7.64. The molecule has 0 fully saturated rings. The molecule has 0 aliphatic rings. The molecule has 3 aromatic rings. The summed E-state index contributed by atoms with van der Waals surface area (Å²) in [6.45, 7) is 1.14. The highest BCUT2D eigenvalue weighted by Crippen LogP contribution is 2.11. The minimum atomic E-state index is -0.131. The molecule has 0 radical (unpaired) electrons. The lowest BCUT2D eigenvalue weighted by atomic mass is 10.4. The number of rotatable bonds is 8. The Morgan fingerprint density at radius 1 is 1.04 bits per heavy atom. The van der Waals surface area contributed by atoms with Crippen LogP contribution in [0.2, 0.25) is 0 Å². The van der Waals surface area contributed by atoms with Crippen LogP contribution in [-0.4, -0.2) is 48.9 Å². The van der Waals surface area contributed by atoms with E-state index >= 15 is 0 Å². The van der Waals surface area contributed by atoms with E-state index in [4.69, 9.17) is 0 Å². The van der Waals surface area contributed by atoms with E-state index in [1.54, 1.807) is 18.3 Å². The van der Waals surface area contributed by atoms with Crippen LogP contribution < -0.4 is 16.0 Å². The van der Waals surface area contributed by atoms with Crippen molar-refractivity contribution in [3.05, 3.63) is 49.2 Å². The topological polar surface area (TPSA) is 123 Å². The third-order valence-electron chi connectivity index (χ3n) is 3.11. The number of carbonyl (C=O) groups is 1. The molecule has 0 aliphatic carbocycles. The molecule has 3 heterocycles. The monoisotopic (exact) mass is 339 g/mol. The molecule has 3 N–H and O–H groups in total. The van der Waals surface area contributed by atoms with E-state index in [0.717, 1.165) is 0 Å². The predicted molar refractivity (Wildman–Crippen MR) is 91.1 cm³/mol. The predicted octanol–water partition coefficient (Wildman–Crippen LogP) is 0.435. The second kappa shape index (κ2) is 8.34. The quantitative estimate of drug-likeness (QED) is 0.505. The first-order valence-corrected chi connectivity index (χ1v) is 7.64. The van der Waals surface area contributed by atoms with Crippen LogP contribution in [-0.2, 0) is 11.3 Å². The molecule has 0 aromatic carbocycles. The van der Waals surface area contributed by atoms with Crippen LogP contribution in [0, 0.1) is 0 Å². The molecule has 0 atom stereocenters. The fraction of sp³-hybridized carbons (Fsp3) is 0.200. The van der Waals surface area contributed by atoms with Gasteiger partial charge in [-0.05, 0) is 24.3 Å². The number of nitrogens with zero attached hydrogens (tertiary/aromatic N) is 6. The molecular weight excluding hydrogens is 322 g/mol. The van der Waals surface area contributed by atoms with Crippen molar-refractivity contribution in [2.45, 2.75) is 6.54 Å².